The molecular formula is C19H17F2NO3S. The summed E-state index contributed by atoms with van der Waals surface area (Å²) in [5.74, 6) is -2.39. The molecule has 1 heterocycles. The molecule has 0 N–H and O–H groups in total. The first-order chi connectivity index (χ1) is 12.2. The zero-order valence-corrected chi connectivity index (χ0v) is 14.8. The molecule has 0 aliphatic carbocycles. The lowest BCUT2D eigenvalue weighted by Crippen LogP contribution is -2.35. The number of halogens is 2. The van der Waals surface area contributed by atoms with E-state index in [1.807, 2.05) is 6.07 Å². The van der Waals surface area contributed by atoms with Gasteiger partial charge in [0.25, 0.3) is 0 Å². The topological polar surface area (TPSA) is 54.5 Å². The molecule has 3 rings (SSSR count). The fraction of sp³-hybridized carbons (Fsp3) is 0.211. The Morgan fingerprint density at radius 2 is 1.85 bits per heavy atom. The number of hydrogen-bond donors (Lipinski definition) is 0. The van der Waals surface area contributed by atoms with Crippen molar-refractivity contribution in [1.82, 2.24) is 4.90 Å². The summed E-state index contributed by atoms with van der Waals surface area (Å²) in [5.41, 5.74) is 1.28. The fourth-order valence-corrected chi connectivity index (χ4v) is 3.62. The maximum absolute atomic E-state index is 14.1. The maximum Gasteiger partial charge on any atom is 0.238 e. The standard InChI is InChI=1S/C19H17F2NO3S/c1-26(24,25)12-19(23)22-11-14(16-10-15(20)7-8-17(16)21)9-18(22)13-5-3-2-4-6-13/h2-10,18H,11-12H2,1H3/t18-/m0/s1. The average molecular weight is 377 g/mol. The number of carbonyl (C=O) groups excluding carboxylic acids is 1. The Hall–Kier alpha value is -2.54. The largest absolute Gasteiger partial charge is 0.327 e. The van der Waals surface area contributed by atoms with Crippen LogP contribution in [0.3, 0.4) is 0 Å². The van der Waals surface area contributed by atoms with Gasteiger partial charge in [-0.1, -0.05) is 36.4 Å². The van der Waals surface area contributed by atoms with Crippen LogP contribution in [0.1, 0.15) is 17.2 Å². The van der Waals surface area contributed by atoms with E-state index in [9.17, 15) is 22.0 Å². The molecule has 1 aliphatic rings. The molecular weight excluding hydrogens is 360 g/mol. The third-order valence-corrected chi connectivity index (χ3v) is 4.93. The molecule has 7 heteroatoms. The predicted octanol–water partition coefficient (Wildman–Crippen LogP) is 2.98. The Bertz CT molecular complexity index is 972. The molecule has 2 aromatic rings. The highest BCUT2D eigenvalue weighted by atomic mass is 32.2. The molecule has 0 aromatic heterocycles. The molecule has 136 valence electrons. The smallest absolute Gasteiger partial charge is 0.238 e. The Morgan fingerprint density at radius 3 is 2.50 bits per heavy atom. The van der Waals surface area contributed by atoms with Crippen LogP contribution in [0.15, 0.2) is 54.6 Å². The summed E-state index contributed by atoms with van der Waals surface area (Å²) in [4.78, 5) is 13.9. The number of rotatable bonds is 4. The second-order valence-electron chi connectivity index (χ2n) is 6.26. The first-order valence-corrected chi connectivity index (χ1v) is 9.99. The van der Waals surface area contributed by atoms with Crippen molar-refractivity contribution in [1.29, 1.82) is 0 Å². The summed E-state index contributed by atoms with van der Waals surface area (Å²) in [6.07, 6.45) is 2.66. The van der Waals surface area contributed by atoms with E-state index in [0.717, 1.165) is 30.0 Å². The first kappa shape index (κ1) is 18.3. The van der Waals surface area contributed by atoms with E-state index in [4.69, 9.17) is 0 Å². The average Bonchev–Trinajstić information content (AvgIpc) is 3.01. The maximum atomic E-state index is 14.1. The van der Waals surface area contributed by atoms with Gasteiger partial charge >= 0.3 is 0 Å². The molecule has 0 bridgehead atoms. The SMILES string of the molecule is CS(=O)(=O)CC(=O)N1CC(c2cc(F)ccc2F)=C[C@H]1c1ccccc1. The van der Waals surface area contributed by atoms with E-state index in [0.29, 0.717) is 5.57 Å². The van der Waals surface area contributed by atoms with E-state index in [-0.39, 0.29) is 12.1 Å². The Balaban J connectivity index is 2.01. The number of hydrogen-bond acceptors (Lipinski definition) is 3. The van der Waals surface area contributed by atoms with Gasteiger partial charge in [0.15, 0.2) is 9.84 Å². The van der Waals surface area contributed by atoms with Crippen LogP contribution in [-0.2, 0) is 14.6 Å². The van der Waals surface area contributed by atoms with Gasteiger partial charge in [-0.25, -0.2) is 17.2 Å². The quantitative estimate of drug-likeness (QED) is 0.823. The van der Waals surface area contributed by atoms with E-state index in [1.54, 1.807) is 30.3 Å². The van der Waals surface area contributed by atoms with Crippen molar-refractivity contribution in [3.05, 3.63) is 77.4 Å². The van der Waals surface area contributed by atoms with Gasteiger partial charge in [0, 0.05) is 18.4 Å². The third kappa shape index (κ3) is 3.99. The molecule has 1 aliphatic heterocycles. The second-order valence-corrected chi connectivity index (χ2v) is 8.40. The molecule has 0 saturated heterocycles. The third-order valence-electron chi connectivity index (χ3n) is 4.16. The van der Waals surface area contributed by atoms with Gasteiger partial charge in [0.1, 0.15) is 17.4 Å². The Labute approximate surface area is 150 Å². The van der Waals surface area contributed by atoms with Crippen molar-refractivity contribution in [2.75, 3.05) is 18.6 Å². The van der Waals surface area contributed by atoms with Crippen molar-refractivity contribution >= 4 is 21.3 Å². The van der Waals surface area contributed by atoms with Crippen molar-refractivity contribution in [2.24, 2.45) is 0 Å². The van der Waals surface area contributed by atoms with E-state index >= 15 is 0 Å². The number of carbonyl (C=O) groups is 1. The van der Waals surface area contributed by atoms with Crippen LogP contribution in [0, 0.1) is 11.6 Å². The molecule has 0 radical (unpaired) electrons. The van der Waals surface area contributed by atoms with Crippen LogP contribution in [0.5, 0.6) is 0 Å². The first-order valence-electron chi connectivity index (χ1n) is 7.93. The van der Waals surface area contributed by atoms with Gasteiger partial charge in [0.05, 0.1) is 6.04 Å². The van der Waals surface area contributed by atoms with Crippen molar-refractivity contribution < 1.29 is 22.0 Å². The van der Waals surface area contributed by atoms with Crippen LogP contribution in [0.4, 0.5) is 8.78 Å². The minimum absolute atomic E-state index is 0.00822. The van der Waals surface area contributed by atoms with E-state index < -0.39 is 39.2 Å². The Kier molecular flexibility index (Phi) is 4.91. The predicted molar refractivity (Wildman–Crippen MR) is 94.9 cm³/mol. The van der Waals surface area contributed by atoms with E-state index in [1.165, 1.54) is 4.90 Å². The van der Waals surface area contributed by atoms with Crippen molar-refractivity contribution in [3.63, 3.8) is 0 Å². The molecule has 0 saturated carbocycles. The fourth-order valence-electron chi connectivity index (χ4n) is 3.01. The Morgan fingerprint density at radius 1 is 1.15 bits per heavy atom. The molecule has 26 heavy (non-hydrogen) atoms. The van der Waals surface area contributed by atoms with Crippen LogP contribution in [0.25, 0.3) is 5.57 Å². The molecule has 0 unspecified atom stereocenters. The van der Waals surface area contributed by atoms with Gasteiger partial charge in [-0.2, -0.15) is 0 Å². The lowest BCUT2D eigenvalue weighted by molar-refractivity contribution is -0.128. The molecule has 1 atom stereocenters. The molecule has 4 nitrogen and oxygen atoms in total. The zero-order valence-electron chi connectivity index (χ0n) is 14.0. The highest BCUT2D eigenvalue weighted by Gasteiger charge is 2.32. The van der Waals surface area contributed by atoms with E-state index in [2.05, 4.69) is 0 Å². The summed E-state index contributed by atoms with van der Waals surface area (Å²) >= 11 is 0. The summed E-state index contributed by atoms with van der Waals surface area (Å²) in [7, 11) is -3.51. The number of amides is 1. The normalized spacial score (nSPS) is 17.3. The summed E-state index contributed by atoms with van der Waals surface area (Å²) in [6, 6.07) is 11.6. The lowest BCUT2D eigenvalue weighted by atomic mass is 10.0. The van der Waals surface area contributed by atoms with Crippen LogP contribution in [-0.4, -0.2) is 37.8 Å². The molecule has 2 aromatic carbocycles. The minimum atomic E-state index is -3.51. The monoisotopic (exact) mass is 377 g/mol. The summed E-state index contributed by atoms with van der Waals surface area (Å²) in [5, 5.41) is 0. The van der Waals surface area contributed by atoms with Crippen LogP contribution >= 0.6 is 0 Å². The van der Waals surface area contributed by atoms with Gasteiger partial charge in [-0.15, -0.1) is 0 Å². The van der Waals surface area contributed by atoms with Gasteiger partial charge in [-0.05, 0) is 29.3 Å². The highest BCUT2D eigenvalue weighted by Crippen LogP contribution is 2.35. The second kappa shape index (κ2) is 6.99. The molecule has 0 spiro atoms. The summed E-state index contributed by atoms with van der Waals surface area (Å²) in [6.45, 7) is 0.00822. The van der Waals surface area contributed by atoms with Crippen LogP contribution < -0.4 is 0 Å². The zero-order chi connectivity index (χ0) is 18.9. The number of nitrogens with zero attached hydrogens (tertiary/aromatic N) is 1. The van der Waals surface area contributed by atoms with Gasteiger partial charge in [-0.3, -0.25) is 4.79 Å². The molecule has 1 amide bonds. The van der Waals surface area contributed by atoms with Crippen LogP contribution in [0.2, 0.25) is 0 Å². The van der Waals surface area contributed by atoms with Gasteiger partial charge < -0.3 is 4.90 Å². The van der Waals surface area contributed by atoms with Gasteiger partial charge in [0.2, 0.25) is 5.91 Å². The summed E-state index contributed by atoms with van der Waals surface area (Å²) < 4.78 is 50.7. The lowest BCUT2D eigenvalue weighted by Gasteiger charge is -2.25. The minimum Gasteiger partial charge on any atom is -0.327 e. The number of benzene rings is 2. The van der Waals surface area contributed by atoms with Crippen molar-refractivity contribution in [3.8, 4) is 0 Å². The molecule has 0 fully saturated rings. The number of sulfone groups is 1. The van der Waals surface area contributed by atoms with Crippen molar-refractivity contribution in [2.45, 2.75) is 6.04 Å². The highest BCUT2D eigenvalue weighted by molar-refractivity contribution is 7.91.